The molecule has 0 heterocycles. The molecule has 0 atom stereocenters. The molecule has 0 aromatic heterocycles. The van der Waals surface area contributed by atoms with Crippen molar-refractivity contribution in [3.63, 3.8) is 0 Å². The fraction of sp³-hybridized carbons (Fsp3) is 0.435. The van der Waals surface area contributed by atoms with E-state index in [1.165, 1.54) is 5.48 Å². The fourth-order valence-corrected chi connectivity index (χ4v) is 2.06. The smallest absolute Gasteiger partial charge is 0.309 e. The first-order valence-corrected chi connectivity index (χ1v) is 9.73. The Bertz CT molecular complexity index is 528. The van der Waals surface area contributed by atoms with Crippen LogP contribution in [0, 0.1) is 0 Å². The average molecular weight is 374 g/mol. The first-order chi connectivity index (χ1) is 13.2. The molecule has 2 N–H and O–H groups in total. The van der Waals surface area contributed by atoms with Gasteiger partial charge in [0.2, 0.25) is 0 Å². The number of ether oxygens (including phenoxy) is 1. The molecule has 0 radical (unpaired) electrons. The number of hydrogen-bond acceptors (Lipinski definition) is 3. The number of nitrogens with one attached hydrogen (secondary N) is 1. The summed E-state index contributed by atoms with van der Waals surface area (Å²) < 4.78 is 5.11. The maximum absolute atomic E-state index is 10.9. The molecule has 0 saturated carbocycles. The minimum Gasteiger partial charge on any atom is -0.488 e. The Balaban J connectivity index is 3.50. The van der Waals surface area contributed by atoms with E-state index in [-0.39, 0.29) is 5.76 Å². The molecule has 0 unspecified atom stereocenters. The van der Waals surface area contributed by atoms with Gasteiger partial charge in [0.25, 0.3) is 0 Å². The van der Waals surface area contributed by atoms with Gasteiger partial charge in [-0.2, -0.15) is 0 Å². The number of hydroxylamine groups is 1. The van der Waals surface area contributed by atoms with Gasteiger partial charge in [-0.15, -0.1) is 0 Å². The number of carbonyl (C=O) groups is 1. The monoisotopic (exact) mass is 373 g/mol. The second kappa shape index (κ2) is 20.0. The molecule has 0 spiro atoms. The summed E-state index contributed by atoms with van der Waals surface area (Å²) in [4.78, 5) is 10.9. The zero-order valence-electron chi connectivity index (χ0n) is 16.6. The molecule has 0 bridgehead atoms. The summed E-state index contributed by atoms with van der Waals surface area (Å²) in [5, 5.41) is 8.40. The maximum Gasteiger partial charge on any atom is 0.309 e. The highest BCUT2D eigenvalue weighted by atomic mass is 16.5. The van der Waals surface area contributed by atoms with Crippen LogP contribution in [0.25, 0.3) is 0 Å². The van der Waals surface area contributed by atoms with Gasteiger partial charge in [-0.25, -0.2) is 5.48 Å². The van der Waals surface area contributed by atoms with E-state index in [1.807, 2.05) is 0 Å². The molecular formula is C23H35NO3. The largest absolute Gasteiger partial charge is 0.488 e. The SMILES string of the molecule is C=C(OCCCCC=CCC=CCC=CCC=CCC=CCC)C(=O)NO. The van der Waals surface area contributed by atoms with Crippen molar-refractivity contribution in [2.24, 2.45) is 0 Å². The molecule has 0 aromatic carbocycles. The highest BCUT2D eigenvalue weighted by Gasteiger charge is 2.04. The van der Waals surface area contributed by atoms with Gasteiger partial charge < -0.3 is 4.74 Å². The Morgan fingerprint density at radius 2 is 1.33 bits per heavy atom. The van der Waals surface area contributed by atoms with Crippen LogP contribution in [0.4, 0.5) is 0 Å². The number of unbranched alkanes of at least 4 members (excludes halogenated alkanes) is 2. The van der Waals surface area contributed by atoms with E-state index in [4.69, 9.17) is 9.94 Å². The van der Waals surface area contributed by atoms with Gasteiger partial charge in [-0.3, -0.25) is 10.0 Å². The van der Waals surface area contributed by atoms with E-state index in [0.29, 0.717) is 6.61 Å². The molecule has 150 valence electrons. The maximum atomic E-state index is 10.9. The van der Waals surface area contributed by atoms with Crippen molar-refractivity contribution in [1.82, 2.24) is 5.48 Å². The highest BCUT2D eigenvalue weighted by Crippen LogP contribution is 2.02. The summed E-state index contributed by atoms with van der Waals surface area (Å²) >= 11 is 0. The van der Waals surface area contributed by atoms with E-state index < -0.39 is 5.91 Å². The van der Waals surface area contributed by atoms with Crippen LogP contribution in [0.5, 0.6) is 0 Å². The van der Waals surface area contributed by atoms with Gasteiger partial charge >= 0.3 is 5.91 Å². The molecule has 0 aliphatic rings. The van der Waals surface area contributed by atoms with E-state index in [2.05, 4.69) is 74.3 Å². The molecule has 0 fully saturated rings. The molecule has 0 aliphatic carbocycles. The molecule has 27 heavy (non-hydrogen) atoms. The van der Waals surface area contributed by atoms with Crippen molar-refractivity contribution in [3.8, 4) is 0 Å². The molecule has 0 rings (SSSR count). The Morgan fingerprint density at radius 1 is 0.852 bits per heavy atom. The zero-order chi connectivity index (χ0) is 20.0. The number of allylic oxidation sites excluding steroid dienone is 10. The lowest BCUT2D eigenvalue weighted by Gasteiger charge is -2.05. The van der Waals surface area contributed by atoms with Crippen molar-refractivity contribution in [3.05, 3.63) is 73.1 Å². The molecule has 4 nitrogen and oxygen atoms in total. The highest BCUT2D eigenvalue weighted by molar-refractivity contribution is 5.89. The quantitative estimate of drug-likeness (QED) is 0.0878. The summed E-state index contributed by atoms with van der Waals surface area (Å²) in [5.41, 5.74) is 1.48. The third-order valence-corrected chi connectivity index (χ3v) is 3.55. The Labute approximate surface area is 164 Å². The first-order valence-electron chi connectivity index (χ1n) is 9.73. The van der Waals surface area contributed by atoms with Crippen molar-refractivity contribution in [2.75, 3.05) is 6.61 Å². The summed E-state index contributed by atoms with van der Waals surface area (Å²) in [7, 11) is 0. The average Bonchev–Trinajstić information content (AvgIpc) is 2.68. The molecule has 0 aromatic rings. The van der Waals surface area contributed by atoms with Gasteiger partial charge in [-0.1, -0.05) is 74.3 Å². The summed E-state index contributed by atoms with van der Waals surface area (Å²) in [6.45, 7) is 5.99. The van der Waals surface area contributed by atoms with Gasteiger partial charge in [-0.05, 0) is 51.4 Å². The molecular weight excluding hydrogens is 338 g/mol. The van der Waals surface area contributed by atoms with Gasteiger partial charge in [0.1, 0.15) is 0 Å². The minimum atomic E-state index is -0.701. The number of hydrogen-bond donors (Lipinski definition) is 2. The lowest BCUT2D eigenvalue weighted by Crippen LogP contribution is -2.21. The van der Waals surface area contributed by atoms with Crippen molar-refractivity contribution >= 4 is 5.91 Å². The Kier molecular flexibility index (Phi) is 18.3. The summed E-state index contributed by atoms with van der Waals surface area (Å²) in [6, 6.07) is 0. The van der Waals surface area contributed by atoms with Gasteiger partial charge in [0.05, 0.1) is 6.61 Å². The van der Waals surface area contributed by atoms with E-state index in [0.717, 1.165) is 51.4 Å². The molecule has 4 heteroatoms. The summed E-state index contributed by atoms with van der Waals surface area (Å²) in [5.74, 6) is -0.764. The lowest BCUT2D eigenvalue weighted by molar-refractivity contribution is -0.128. The zero-order valence-corrected chi connectivity index (χ0v) is 16.6. The topological polar surface area (TPSA) is 58.6 Å². The van der Waals surface area contributed by atoms with Crippen molar-refractivity contribution in [1.29, 1.82) is 0 Å². The predicted molar refractivity (Wildman–Crippen MR) is 113 cm³/mol. The second-order valence-corrected chi connectivity index (χ2v) is 5.92. The number of carbonyl (C=O) groups excluding carboxylic acids is 1. The molecule has 0 aliphatic heterocycles. The standard InChI is InChI=1S/C23H35NO3/c1-3-4-5-6-7-8-9-10-11-12-13-14-15-16-17-18-19-20-21-27-22(2)23(25)24-26/h4-5,7-8,10-11,13-14,16-17,26H,2-3,6,9,12,15,18-21H2,1H3,(H,24,25). The van der Waals surface area contributed by atoms with Crippen molar-refractivity contribution in [2.45, 2.75) is 58.3 Å². The van der Waals surface area contributed by atoms with Crippen LogP contribution in [0.1, 0.15) is 58.3 Å². The van der Waals surface area contributed by atoms with Gasteiger partial charge in [0.15, 0.2) is 5.76 Å². The second-order valence-electron chi connectivity index (χ2n) is 5.92. The van der Waals surface area contributed by atoms with Crippen LogP contribution in [-0.4, -0.2) is 17.7 Å². The normalized spacial score (nSPS) is 12.2. The molecule has 0 saturated heterocycles. The van der Waals surface area contributed by atoms with Crippen LogP contribution >= 0.6 is 0 Å². The Hall–Kier alpha value is -2.33. The van der Waals surface area contributed by atoms with Crippen LogP contribution in [0.3, 0.4) is 0 Å². The molecule has 1 amide bonds. The van der Waals surface area contributed by atoms with E-state index in [9.17, 15) is 4.79 Å². The minimum absolute atomic E-state index is 0.0626. The third-order valence-electron chi connectivity index (χ3n) is 3.55. The Morgan fingerprint density at radius 3 is 1.81 bits per heavy atom. The third kappa shape index (κ3) is 18.3. The lowest BCUT2D eigenvalue weighted by atomic mass is 10.2. The van der Waals surface area contributed by atoms with Crippen LogP contribution < -0.4 is 5.48 Å². The number of rotatable bonds is 16. The predicted octanol–water partition coefficient (Wildman–Crippen LogP) is 5.94. The first kappa shape index (κ1) is 24.7. The number of amides is 1. The van der Waals surface area contributed by atoms with Gasteiger partial charge in [0, 0.05) is 0 Å². The summed E-state index contributed by atoms with van der Waals surface area (Å²) in [6.07, 6.45) is 29.7. The van der Waals surface area contributed by atoms with Crippen LogP contribution in [0.2, 0.25) is 0 Å². The van der Waals surface area contributed by atoms with E-state index >= 15 is 0 Å². The van der Waals surface area contributed by atoms with Crippen LogP contribution in [0.15, 0.2) is 73.1 Å². The fourth-order valence-electron chi connectivity index (χ4n) is 2.06. The van der Waals surface area contributed by atoms with Crippen LogP contribution in [-0.2, 0) is 9.53 Å². The van der Waals surface area contributed by atoms with E-state index in [1.54, 1.807) is 0 Å². The van der Waals surface area contributed by atoms with Crippen molar-refractivity contribution < 1.29 is 14.7 Å².